The summed E-state index contributed by atoms with van der Waals surface area (Å²) < 4.78 is 0. The van der Waals surface area contributed by atoms with Crippen LogP contribution in [0.2, 0.25) is 0 Å². The monoisotopic (exact) mass is 255 g/mol. The number of rotatable bonds is 2. The molecule has 2 aliphatic rings. The van der Waals surface area contributed by atoms with Gasteiger partial charge in [0.2, 0.25) is 5.82 Å². The molecule has 0 aromatic carbocycles. The second-order valence-electron chi connectivity index (χ2n) is 5.53. The SMILES string of the molecule is CC#Cc1nc2c(c(NC3CCCC3)n1)CCCC2. The van der Waals surface area contributed by atoms with Gasteiger partial charge in [0.1, 0.15) is 5.82 Å². The van der Waals surface area contributed by atoms with Crippen LogP contribution in [0.4, 0.5) is 5.82 Å². The minimum atomic E-state index is 0.600. The van der Waals surface area contributed by atoms with Crippen molar-refractivity contribution < 1.29 is 0 Å². The standard InChI is InChI=1S/C16H21N3/c1-2-7-15-18-14-11-6-5-10-13(14)16(19-15)17-12-8-3-4-9-12/h12H,3-6,8-11H2,1H3,(H,17,18,19). The highest BCUT2D eigenvalue weighted by Gasteiger charge is 2.21. The second kappa shape index (κ2) is 5.61. The topological polar surface area (TPSA) is 37.8 Å². The third-order valence-corrected chi connectivity index (χ3v) is 4.12. The van der Waals surface area contributed by atoms with Crippen LogP contribution < -0.4 is 5.32 Å². The van der Waals surface area contributed by atoms with Crippen molar-refractivity contribution in [1.82, 2.24) is 9.97 Å². The summed E-state index contributed by atoms with van der Waals surface area (Å²) in [6.07, 6.45) is 9.92. The Labute approximate surface area is 115 Å². The van der Waals surface area contributed by atoms with Crippen molar-refractivity contribution in [2.45, 2.75) is 64.3 Å². The molecular formula is C16H21N3. The van der Waals surface area contributed by atoms with E-state index in [1.54, 1.807) is 0 Å². The van der Waals surface area contributed by atoms with Gasteiger partial charge < -0.3 is 5.32 Å². The molecule has 3 nitrogen and oxygen atoms in total. The van der Waals surface area contributed by atoms with Crippen LogP contribution in [0.3, 0.4) is 0 Å². The van der Waals surface area contributed by atoms with Crippen molar-refractivity contribution in [3.05, 3.63) is 17.1 Å². The first-order valence-corrected chi connectivity index (χ1v) is 7.46. The van der Waals surface area contributed by atoms with Gasteiger partial charge in [-0.2, -0.15) is 0 Å². The number of hydrogen-bond donors (Lipinski definition) is 1. The number of nitrogens with one attached hydrogen (secondary N) is 1. The van der Waals surface area contributed by atoms with Gasteiger partial charge in [0, 0.05) is 11.6 Å². The lowest BCUT2D eigenvalue weighted by molar-refractivity contribution is 0.656. The van der Waals surface area contributed by atoms with Gasteiger partial charge in [-0.3, -0.25) is 0 Å². The lowest BCUT2D eigenvalue weighted by Crippen LogP contribution is -2.20. The smallest absolute Gasteiger partial charge is 0.207 e. The van der Waals surface area contributed by atoms with E-state index in [1.165, 1.54) is 49.8 Å². The first kappa shape index (κ1) is 12.5. The Morgan fingerprint density at radius 2 is 1.84 bits per heavy atom. The van der Waals surface area contributed by atoms with E-state index in [4.69, 9.17) is 0 Å². The second-order valence-corrected chi connectivity index (χ2v) is 5.53. The van der Waals surface area contributed by atoms with Crippen LogP contribution in [0, 0.1) is 11.8 Å². The number of hydrogen-bond acceptors (Lipinski definition) is 3. The molecule has 1 aromatic rings. The highest BCUT2D eigenvalue weighted by atomic mass is 15.1. The Morgan fingerprint density at radius 3 is 2.63 bits per heavy atom. The molecule has 0 radical (unpaired) electrons. The fraction of sp³-hybridized carbons (Fsp3) is 0.625. The maximum absolute atomic E-state index is 4.64. The number of aryl methyl sites for hydroxylation is 1. The maximum atomic E-state index is 4.64. The van der Waals surface area contributed by atoms with Crippen molar-refractivity contribution in [2.24, 2.45) is 0 Å². The number of aromatic nitrogens is 2. The summed E-state index contributed by atoms with van der Waals surface area (Å²) >= 11 is 0. The average Bonchev–Trinajstić information content (AvgIpc) is 2.92. The zero-order valence-electron chi connectivity index (χ0n) is 11.6. The summed E-state index contributed by atoms with van der Waals surface area (Å²) in [5.41, 5.74) is 2.57. The highest BCUT2D eigenvalue weighted by molar-refractivity contribution is 5.50. The average molecular weight is 255 g/mol. The third-order valence-electron chi connectivity index (χ3n) is 4.12. The summed E-state index contributed by atoms with van der Waals surface area (Å²) in [5, 5.41) is 3.65. The molecule has 1 fully saturated rings. The molecule has 1 saturated carbocycles. The molecule has 1 aromatic heterocycles. The number of nitrogens with zero attached hydrogens (tertiary/aromatic N) is 2. The Morgan fingerprint density at radius 1 is 1.05 bits per heavy atom. The van der Waals surface area contributed by atoms with Crippen molar-refractivity contribution >= 4 is 5.82 Å². The normalized spacial score (nSPS) is 18.6. The molecule has 0 spiro atoms. The predicted molar refractivity (Wildman–Crippen MR) is 77.1 cm³/mol. The summed E-state index contributed by atoms with van der Waals surface area (Å²) in [5.74, 6) is 7.67. The summed E-state index contributed by atoms with van der Waals surface area (Å²) in [7, 11) is 0. The van der Waals surface area contributed by atoms with Crippen LogP contribution in [-0.4, -0.2) is 16.0 Å². The van der Waals surface area contributed by atoms with Gasteiger partial charge >= 0.3 is 0 Å². The first-order valence-electron chi connectivity index (χ1n) is 7.46. The van der Waals surface area contributed by atoms with Gasteiger partial charge in [0.15, 0.2) is 0 Å². The van der Waals surface area contributed by atoms with Crippen LogP contribution in [0.1, 0.15) is 62.5 Å². The molecule has 3 rings (SSSR count). The third kappa shape index (κ3) is 2.73. The van der Waals surface area contributed by atoms with E-state index < -0.39 is 0 Å². The Bertz CT molecular complexity index is 519. The van der Waals surface area contributed by atoms with E-state index in [9.17, 15) is 0 Å². The van der Waals surface area contributed by atoms with Crippen LogP contribution >= 0.6 is 0 Å². The lowest BCUT2D eigenvalue weighted by Gasteiger charge is -2.21. The summed E-state index contributed by atoms with van der Waals surface area (Å²) in [6, 6.07) is 0.600. The molecular weight excluding hydrogens is 234 g/mol. The fourth-order valence-electron chi connectivity index (χ4n) is 3.14. The van der Waals surface area contributed by atoms with E-state index in [2.05, 4.69) is 27.1 Å². The van der Waals surface area contributed by atoms with E-state index in [0.717, 1.165) is 18.7 Å². The van der Waals surface area contributed by atoms with Crippen molar-refractivity contribution in [1.29, 1.82) is 0 Å². The maximum Gasteiger partial charge on any atom is 0.207 e. The molecule has 0 aliphatic heterocycles. The molecule has 2 aliphatic carbocycles. The molecule has 1 heterocycles. The Kier molecular flexibility index (Phi) is 3.68. The lowest BCUT2D eigenvalue weighted by atomic mass is 9.96. The number of anilines is 1. The van der Waals surface area contributed by atoms with Crippen molar-refractivity contribution in [3.8, 4) is 11.8 Å². The Hall–Kier alpha value is -1.56. The van der Waals surface area contributed by atoms with Crippen LogP contribution in [-0.2, 0) is 12.8 Å². The van der Waals surface area contributed by atoms with E-state index in [1.807, 2.05) is 6.92 Å². The quantitative estimate of drug-likeness (QED) is 0.825. The van der Waals surface area contributed by atoms with Gasteiger partial charge in [-0.1, -0.05) is 18.8 Å². The highest BCUT2D eigenvalue weighted by Crippen LogP contribution is 2.28. The van der Waals surface area contributed by atoms with E-state index in [-0.39, 0.29) is 0 Å². The predicted octanol–water partition coefficient (Wildman–Crippen LogP) is 3.08. The van der Waals surface area contributed by atoms with Gasteiger partial charge in [-0.25, -0.2) is 9.97 Å². The molecule has 0 unspecified atom stereocenters. The van der Waals surface area contributed by atoms with E-state index >= 15 is 0 Å². The molecule has 0 atom stereocenters. The van der Waals surface area contributed by atoms with Crippen molar-refractivity contribution in [3.63, 3.8) is 0 Å². The number of fused-ring (bicyclic) bond motifs is 1. The molecule has 0 amide bonds. The minimum absolute atomic E-state index is 0.600. The Balaban J connectivity index is 1.93. The zero-order chi connectivity index (χ0) is 13.1. The van der Waals surface area contributed by atoms with E-state index in [0.29, 0.717) is 11.9 Å². The summed E-state index contributed by atoms with van der Waals surface area (Å²) in [6.45, 7) is 1.84. The van der Waals surface area contributed by atoms with Crippen LogP contribution in [0.15, 0.2) is 0 Å². The summed E-state index contributed by atoms with van der Waals surface area (Å²) in [4.78, 5) is 9.26. The molecule has 3 heteroatoms. The molecule has 1 N–H and O–H groups in total. The molecule has 0 bridgehead atoms. The van der Waals surface area contributed by atoms with Crippen molar-refractivity contribution in [2.75, 3.05) is 5.32 Å². The zero-order valence-corrected chi connectivity index (χ0v) is 11.6. The molecule has 19 heavy (non-hydrogen) atoms. The fourth-order valence-corrected chi connectivity index (χ4v) is 3.14. The largest absolute Gasteiger partial charge is 0.367 e. The van der Waals surface area contributed by atoms with Gasteiger partial charge in [-0.05, 0) is 51.4 Å². The van der Waals surface area contributed by atoms with Gasteiger partial charge in [0.25, 0.3) is 0 Å². The van der Waals surface area contributed by atoms with Crippen LogP contribution in [0.5, 0.6) is 0 Å². The molecule has 100 valence electrons. The van der Waals surface area contributed by atoms with Gasteiger partial charge in [0.05, 0.1) is 5.69 Å². The van der Waals surface area contributed by atoms with Crippen LogP contribution in [0.25, 0.3) is 0 Å². The molecule has 0 saturated heterocycles. The first-order chi connectivity index (χ1) is 9.36. The minimum Gasteiger partial charge on any atom is -0.367 e. The van der Waals surface area contributed by atoms with Gasteiger partial charge in [-0.15, -0.1) is 0 Å².